The van der Waals surface area contributed by atoms with Crippen molar-refractivity contribution in [3.8, 4) is 5.75 Å². The van der Waals surface area contributed by atoms with Gasteiger partial charge < -0.3 is 20.3 Å². The Kier molecular flexibility index (Phi) is 7.49. The lowest BCUT2D eigenvalue weighted by Crippen LogP contribution is -2.43. The first-order valence-electron chi connectivity index (χ1n) is 10.2. The number of ether oxygens (including phenoxy) is 1. The zero-order valence-corrected chi connectivity index (χ0v) is 17.6. The van der Waals surface area contributed by atoms with Crippen LogP contribution in [0, 0.1) is 0 Å². The van der Waals surface area contributed by atoms with Gasteiger partial charge in [-0.25, -0.2) is 4.79 Å². The quantitative estimate of drug-likeness (QED) is 0.720. The summed E-state index contributed by atoms with van der Waals surface area (Å²) in [7, 11) is 5.69. The molecule has 1 unspecified atom stereocenters. The van der Waals surface area contributed by atoms with Crippen LogP contribution in [0.25, 0.3) is 0 Å². The van der Waals surface area contributed by atoms with E-state index in [2.05, 4.69) is 44.7 Å². The fraction of sp³-hybridized carbons (Fsp3) is 0.435. The average Bonchev–Trinajstić information content (AvgIpc) is 2.74. The highest BCUT2D eigenvalue weighted by Gasteiger charge is 2.17. The average molecular weight is 397 g/mol. The first kappa shape index (κ1) is 21.1. The first-order chi connectivity index (χ1) is 14.1. The Balaban J connectivity index is 1.41. The maximum atomic E-state index is 12.3. The van der Waals surface area contributed by atoms with Crippen molar-refractivity contribution in [3.05, 3.63) is 65.2 Å². The first-order valence-corrected chi connectivity index (χ1v) is 10.2. The molecule has 1 heterocycles. The Morgan fingerprint density at radius 2 is 1.83 bits per heavy atom. The van der Waals surface area contributed by atoms with E-state index in [9.17, 15) is 4.79 Å². The van der Waals surface area contributed by atoms with Crippen LogP contribution in [-0.2, 0) is 13.0 Å². The van der Waals surface area contributed by atoms with Gasteiger partial charge in [0.2, 0.25) is 0 Å². The molecule has 0 bridgehead atoms. The maximum absolute atomic E-state index is 12.3. The molecule has 0 saturated carbocycles. The van der Waals surface area contributed by atoms with E-state index in [-0.39, 0.29) is 12.1 Å². The number of carbonyl (C=O) groups is 1. The van der Waals surface area contributed by atoms with Crippen LogP contribution in [0.15, 0.2) is 48.5 Å². The molecule has 0 radical (unpaired) electrons. The summed E-state index contributed by atoms with van der Waals surface area (Å²) in [5.41, 5.74) is 3.99. The number of hydrogen-bond donors (Lipinski definition) is 2. The van der Waals surface area contributed by atoms with Crippen molar-refractivity contribution in [2.45, 2.75) is 19.0 Å². The fourth-order valence-electron chi connectivity index (χ4n) is 3.75. The molecule has 0 spiro atoms. The smallest absolute Gasteiger partial charge is 0.314 e. The molecular weight excluding hydrogens is 364 g/mol. The van der Waals surface area contributed by atoms with Gasteiger partial charge >= 0.3 is 6.03 Å². The lowest BCUT2D eigenvalue weighted by Gasteiger charge is -2.29. The third kappa shape index (κ3) is 5.95. The minimum Gasteiger partial charge on any atom is -0.497 e. The number of amides is 2. The molecule has 2 aromatic rings. The second kappa shape index (κ2) is 10.3. The van der Waals surface area contributed by atoms with E-state index < -0.39 is 0 Å². The summed E-state index contributed by atoms with van der Waals surface area (Å²) < 4.78 is 5.22. The van der Waals surface area contributed by atoms with Crippen molar-refractivity contribution in [2.75, 3.05) is 47.4 Å². The normalized spacial score (nSPS) is 14.9. The van der Waals surface area contributed by atoms with Crippen molar-refractivity contribution in [1.82, 2.24) is 20.4 Å². The number of hydrogen-bond acceptors (Lipinski definition) is 4. The summed E-state index contributed by atoms with van der Waals surface area (Å²) in [4.78, 5) is 16.8. The Bertz CT molecular complexity index is 792. The number of likely N-dealkylation sites (N-methyl/N-ethyl adjacent to an activating group) is 1. The monoisotopic (exact) mass is 396 g/mol. The Labute approximate surface area is 173 Å². The van der Waals surface area contributed by atoms with E-state index in [1.807, 2.05) is 38.4 Å². The Hall–Kier alpha value is -2.57. The van der Waals surface area contributed by atoms with Gasteiger partial charge in [-0.3, -0.25) is 4.90 Å². The topological polar surface area (TPSA) is 56.8 Å². The van der Waals surface area contributed by atoms with E-state index in [1.54, 1.807) is 7.11 Å². The van der Waals surface area contributed by atoms with Gasteiger partial charge in [-0.1, -0.05) is 36.4 Å². The number of nitrogens with one attached hydrogen (secondary N) is 2. The number of nitrogens with zero attached hydrogens (tertiary/aromatic N) is 2. The van der Waals surface area contributed by atoms with Crippen molar-refractivity contribution in [1.29, 1.82) is 0 Å². The summed E-state index contributed by atoms with van der Waals surface area (Å²) in [6, 6.07) is 16.6. The number of fused-ring (bicyclic) bond motifs is 1. The number of benzene rings is 2. The van der Waals surface area contributed by atoms with Crippen molar-refractivity contribution < 1.29 is 9.53 Å². The molecule has 0 aromatic heterocycles. The minimum atomic E-state index is -0.122. The number of carbonyl (C=O) groups excluding carboxylic acids is 1. The highest BCUT2D eigenvalue weighted by atomic mass is 16.5. The summed E-state index contributed by atoms with van der Waals surface area (Å²) in [6.07, 6.45) is 1.08. The molecule has 3 rings (SSSR count). The van der Waals surface area contributed by atoms with Gasteiger partial charge in [-0.05, 0) is 49.3 Å². The van der Waals surface area contributed by atoms with E-state index in [0.29, 0.717) is 13.1 Å². The largest absolute Gasteiger partial charge is 0.497 e. The minimum absolute atomic E-state index is 0.102. The van der Waals surface area contributed by atoms with Crippen molar-refractivity contribution in [2.24, 2.45) is 0 Å². The van der Waals surface area contributed by atoms with Crippen LogP contribution < -0.4 is 15.4 Å². The van der Waals surface area contributed by atoms with Crippen LogP contribution in [0.5, 0.6) is 5.75 Å². The van der Waals surface area contributed by atoms with Gasteiger partial charge in [-0.2, -0.15) is 0 Å². The van der Waals surface area contributed by atoms with Gasteiger partial charge in [0.15, 0.2) is 0 Å². The van der Waals surface area contributed by atoms with E-state index in [4.69, 9.17) is 4.74 Å². The molecule has 1 aliphatic heterocycles. The van der Waals surface area contributed by atoms with Crippen LogP contribution in [0.4, 0.5) is 4.79 Å². The molecule has 6 heteroatoms. The zero-order valence-electron chi connectivity index (χ0n) is 17.6. The van der Waals surface area contributed by atoms with Crippen LogP contribution >= 0.6 is 0 Å². The SMILES string of the molecule is COc1ccc(C(CNC(=O)NCCN2CCc3ccccc3C2)N(C)C)cc1. The molecular formula is C23H32N4O2. The number of urea groups is 1. The number of methoxy groups -OCH3 is 1. The molecule has 6 nitrogen and oxygen atoms in total. The Morgan fingerprint density at radius 1 is 1.10 bits per heavy atom. The summed E-state index contributed by atoms with van der Waals surface area (Å²) in [5, 5.41) is 5.99. The van der Waals surface area contributed by atoms with Crippen molar-refractivity contribution >= 4 is 6.03 Å². The summed E-state index contributed by atoms with van der Waals surface area (Å²) in [6.45, 7) is 4.04. The number of rotatable bonds is 8. The van der Waals surface area contributed by atoms with E-state index >= 15 is 0 Å². The molecule has 2 amide bonds. The Morgan fingerprint density at radius 3 is 2.52 bits per heavy atom. The molecule has 2 aromatic carbocycles. The molecule has 1 atom stereocenters. The molecule has 0 fully saturated rings. The second-order valence-electron chi connectivity index (χ2n) is 7.68. The van der Waals surface area contributed by atoms with Crippen LogP contribution in [0.2, 0.25) is 0 Å². The van der Waals surface area contributed by atoms with Gasteiger partial charge in [0.1, 0.15) is 5.75 Å². The third-order valence-electron chi connectivity index (χ3n) is 5.50. The van der Waals surface area contributed by atoms with Crippen LogP contribution in [0.3, 0.4) is 0 Å². The second-order valence-corrected chi connectivity index (χ2v) is 7.68. The summed E-state index contributed by atoms with van der Waals surface area (Å²) in [5.74, 6) is 0.831. The van der Waals surface area contributed by atoms with Gasteiger partial charge in [0, 0.05) is 32.7 Å². The molecule has 156 valence electrons. The lowest BCUT2D eigenvalue weighted by molar-refractivity contribution is 0.225. The molecule has 29 heavy (non-hydrogen) atoms. The zero-order chi connectivity index (χ0) is 20.6. The standard InChI is InChI=1S/C23H32N4O2/c1-26(2)22(19-8-10-21(29-3)11-9-19)16-25-23(28)24-13-15-27-14-12-18-6-4-5-7-20(18)17-27/h4-11,22H,12-17H2,1-3H3,(H2,24,25,28). The maximum Gasteiger partial charge on any atom is 0.314 e. The van der Waals surface area contributed by atoms with Gasteiger partial charge in [-0.15, -0.1) is 0 Å². The molecule has 1 aliphatic rings. The predicted octanol–water partition coefficient (Wildman–Crippen LogP) is 2.66. The molecule has 0 saturated heterocycles. The van der Waals surface area contributed by atoms with E-state index in [0.717, 1.165) is 37.4 Å². The van der Waals surface area contributed by atoms with Gasteiger partial charge in [0.25, 0.3) is 0 Å². The highest BCUT2D eigenvalue weighted by molar-refractivity contribution is 5.73. The third-order valence-corrected chi connectivity index (χ3v) is 5.50. The van der Waals surface area contributed by atoms with Crippen LogP contribution in [0.1, 0.15) is 22.7 Å². The summed E-state index contributed by atoms with van der Waals surface area (Å²) >= 11 is 0. The fourth-order valence-corrected chi connectivity index (χ4v) is 3.75. The predicted molar refractivity (Wildman–Crippen MR) is 116 cm³/mol. The van der Waals surface area contributed by atoms with E-state index in [1.165, 1.54) is 11.1 Å². The lowest BCUT2D eigenvalue weighted by atomic mass is 10.00. The molecule has 2 N–H and O–H groups in total. The van der Waals surface area contributed by atoms with Gasteiger partial charge in [0.05, 0.1) is 13.2 Å². The highest BCUT2D eigenvalue weighted by Crippen LogP contribution is 2.21. The van der Waals surface area contributed by atoms with Crippen molar-refractivity contribution in [3.63, 3.8) is 0 Å². The molecule has 0 aliphatic carbocycles. The van der Waals surface area contributed by atoms with Crippen LogP contribution in [-0.4, -0.2) is 63.2 Å².